The Morgan fingerprint density at radius 3 is 2.46 bits per heavy atom. The zero-order valence-corrected chi connectivity index (χ0v) is 12.2. The number of ether oxygens (including phenoxy) is 1. The number of aromatic nitrogens is 2. The Bertz CT molecular complexity index is 901. The van der Waals surface area contributed by atoms with Gasteiger partial charge in [0.05, 0.1) is 9.82 Å². The van der Waals surface area contributed by atoms with Gasteiger partial charge in [-0.15, -0.1) is 0 Å². The molecule has 0 aliphatic carbocycles. The first-order chi connectivity index (χ1) is 11.0. The minimum absolute atomic E-state index is 0.549. The zero-order chi connectivity index (χ0) is 18.1. The van der Waals surface area contributed by atoms with Crippen molar-refractivity contribution >= 4 is 15.7 Å². The molecule has 1 heterocycles. The van der Waals surface area contributed by atoms with Crippen LogP contribution in [0, 0.1) is 10.1 Å². The van der Waals surface area contributed by atoms with Crippen molar-refractivity contribution in [2.45, 2.75) is 11.1 Å². The minimum atomic E-state index is -4.76. The van der Waals surface area contributed by atoms with Crippen LogP contribution in [0.2, 0.25) is 0 Å². The van der Waals surface area contributed by atoms with Gasteiger partial charge in [0.25, 0.3) is 0 Å². The molecule has 9 nitrogen and oxygen atoms in total. The van der Waals surface area contributed by atoms with Crippen molar-refractivity contribution < 1.29 is 31.2 Å². The van der Waals surface area contributed by atoms with Crippen molar-refractivity contribution in [2.75, 3.05) is 0 Å². The van der Waals surface area contributed by atoms with E-state index in [1.54, 1.807) is 0 Å². The van der Waals surface area contributed by atoms with Gasteiger partial charge in [0.2, 0.25) is 15.8 Å². The lowest BCUT2D eigenvalue weighted by atomic mass is 10.3. The number of nitrogens with zero attached hydrogens (tertiary/aromatic N) is 3. The van der Waals surface area contributed by atoms with Gasteiger partial charge in [-0.2, -0.15) is 18.2 Å². The maximum absolute atomic E-state index is 12.6. The number of hydrogen-bond acceptors (Lipinski definition) is 7. The molecule has 0 radical (unpaired) electrons. The number of nitro benzene ring substituents is 1. The number of nitro groups is 1. The number of sulfonamides is 1. The molecule has 0 saturated carbocycles. The number of nitrogens with two attached hydrogens (primary N) is 1. The average molecular weight is 364 g/mol. The van der Waals surface area contributed by atoms with E-state index >= 15 is 0 Å². The van der Waals surface area contributed by atoms with Gasteiger partial charge in [-0.05, 0) is 18.2 Å². The Hall–Kier alpha value is -2.80. The second-order valence-electron chi connectivity index (χ2n) is 4.26. The van der Waals surface area contributed by atoms with Crippen LogP contribution in [0.5, 0.6) is 11.8 Å². The van der Waals surface area contributed by atoms with E-state index in [1.165, 1.54) is 0 Å². The van der Waals surface area contributed by atoms with E-state index in [1.807, 2.05) is 0 Å². The maximum Gasteiger partial charge on any atom is 0.433 e. The van der Waals surface area contributed by atoms with Crippen LogP contribution in [-0.4, -0.2) is 23.3 Å². The molecule has 128 valence electrons. The highest BCUT2D eigenvalue weighted by Gasteiger charge is 2.33. The van der Waals surface area contributed by atoms with Crippen molar-refractivity contribution in [3.8, 4) is 11.8 Å². The van der Waals surface area contributed by atoms with E-state index in [0.717, 1.165) is 18.3 Å². The molecule has 2 aromatic rings. The summed E-state index contributed by atoms with van der Waals surface area (Å²) >= 11 is 0. The zero-order valence-electron chi connectivity index (χ0n) is 11.4. The van der Waals surface area contributed by atoms with Crippen LogP contribution < -0.4 is 9.88 Å². The van der Waals surface area contributed by atoms with Crippen LogP contribution in [0.4, 0.5) is 18.9 Å². The van der Waals surface area contributed by atoms with E-state index in [9.17, 15) is 31.7 Å². The quantitative estimate of drug-likeness (QED) is 0.645. The standard InChI is InChI=1S/C11H7F3N4O5S/c12-11(13,14)9-3-4-16-10(17-9)23-8-2-1-6(24(15,21)22)5-7(8)18(19)20/h1-5H,(H2,15,21,22). The summed E-state index contributed by atoms with van der Waals surface area (Å²) in [6.07, 6.45) is -4.00. The first-order valence-corrected chi connectivity index (χ1v) is 7.42. The third-order valence-electron chi connectivity index (χ3n) is 2.58. The summed E-state index contributed by atoms with van der Waals surface area (Å²) in [6.45, 7) is 0. The molecule has 0 saturated heterocycles. The van der Waals surface area contributed by atoms with E-state index in [0.29, 0.717) is 12.1 Å². The lowest BCUT2D eigenvalue weighted by molar-refractivity contribution is -0.385. The minimum Gasteiger partial charge on any atom is -0.417 e. The third kappa shape index (κ3) is 3.94. The summed E-state index contributed by atoms with van der Waals surface area (Å²) in [7, 11) is -4.21. The van der Waals surface area contributed by atoms with Gasteiger partial charge in [0.1, 0.15) is 0 Å². The number of rotatable bonds is 4. The number of alkyl halides is 3. The highest BCUT2D eigenvalue weighted by Crippen LogP contribution is 2.33. The van der Waals surface area contributed by atoms with Gasteiger partial charge in [0.15, 0.2) is 5.69 Å². The number of halogens is 3. The molecule has 0 amide bonds. The van der Waals surface area contributed by atoms with Crippen LogP contribution in [0.3, 0.4) is 0 Å². The van der Waals surface area contributed by atoms with Gasteiger partial charge < -0.3 is 4.74 Å². The predicted octanol–water partition coefficient (Wildman–Crippen LogP) is 1.84. The predicted molar refractivity (Wildman–Crippen MR) is 71.6 cm³/mol. The van der Waals surface area contributed by atoms with E-state index in [4.69, 9.17) is 9.88 Å². The Kier molecular flexibility index (Phi) is 4.40. The summed E-state index contributed by atoms with van der Waals surface area (Å²) in [5.74, 6) is -0.549. The van der Waals surface area contributed by atoms with Gasteiger partial charge in [-0.25, -0.2) is 18.5 Å². The first kappa shape index (κ1) is 17.6. The smallest absolute Gasteiger partial charge is 0.417 e. The molecule has 0 spiro atoms. The monoisotopic (exact) mass is 364 g/mol. The van der Waals surface area contributed by atoms with Gasteiger partial charge in [0, 0.05) is 12.3 Å². The fourth-order valence-corrected chi connectivity index (χ4v) is 2.08. The SMILES string of the molecule is NS(=O)(=O)c1ccc(Oc2nccc(C(F)(F)F)n2)c([N+](=O)[O-])c1. The molecular formula is C11H7F3N4O5S. The van der Waals surface area contributed by atoms with Crippen molar-refractivity contribution in [2.24, 2.45) is 5.14 Å². The summed E-state index contributed by atoms with van der Waals surface area (Å²) in [6, 6.07) is 2.16. The van der Waals surface area contributed by atoms with Crippen molar-refractivity contribution in [3.05, 3.63) is 46.3 Å². The molecule has 2 rings (SSSR count). The third-order valence-corrected chi connectivity index (χ3v) is 3.49. The summed E-state index contributed by atoms with van der Waals surface area (Å²) < 4.78 is 65.0. The molecule has 24 heavy (non-hydrogen) atoms. The molecule has 0 bridgehead atoms. The normalized spacial score (nSPS) is 12.0. The van der Waals surface area contributed by atoms with E-state index < -0.39 is 49.2 Å². The molecule has 0 aliphatic heterocycles. The lowest BCUT2D eigenvalue weighted by Gasteiger charge is -2.08. The molecule has 13 heteroatoms. The van der Waals surface area contributed by atoms with Gasteiger partial charge in [-0.3, -0.25) is 10.1 Å². The van der Waals surface area contributed by atoms with Crippen LogP contribution in [-0.2, 0) is 16.2 Å². The summed E-state index contributed by atoms with van der Waals surface area (Å²) in [4.78, 5) is 15.9. The van der Waals surface area contributed by atoms with Crippen LogP contribution in [0.25, 0.3) is 0 Å². The average Bonchev–Trinajstić information content (AvgIpc) is 2.45. The van der Waals surface area contributed by atoms with Crippen molar-refractivity contribution in [1.29, 1.82) is 0 Å². The molecule has 0 aliphatic rings. The Labute approximate surface area is 132 Å². The lowest BCUT2D eigenvalue weighted by Crippen LogP contribution is -2.12. The second kappa shape index (κ2) is 6.01. The maximum atomic E-state index is 12.6. The van der Waals surface area contributed by atoms with E-state index in [-0.39, 0.29) is 0 Å². The number of benzene rings is 1. The number of hydrogen-bond donors (Lipinski definition) is 1. The van der Waals surface area contributed by atoms with Crippen molar-refractivity contribution in [1.82, 2.24) is 9.97 Å². The molecular weight excluding hydrogens is 357 g/mol. The Morgan fingerprint density at radius 1 is 1.25 bits per heavy atom. The first-order valence-electron chi connectivity index (χ1n) is 5.88. The highest BCUT2D eigenvalue weighted by atomic mass is 32.2. The van der Waals surface area contributed by atoms with Gasteiger partial charge >= 0.3 is 17.9 Å². The highest BCUT2D eigenvalue weighted by molar-refractivity contribution is 7.89. The molecule has 0 unspecified atom stereocenters. The molecule has 1 aromatic carbocycles. The van der Waals surface area contributed by atoms with Gasteiger partial charge in [-0.1, -0.05) is 0 Å². The molecule has 1 aromatic heterocycles. The largest absolute Gasteiger partial charge is 0.433 e. The van der Waals surface area contributed by atoms with Crippen molar-refractivity contribution in [3.63, 3.8) is 0 Å². The van der Waals surface area contributed by atoms with Crippen LogP contribution >= 0.6 is 0 Å². The fourth-order valence-electron chi connectivity index (χ4n) is 1.55. The van der Waals surface area contributed by atoms with Crippen LogP contribution in [0.1, 0.15) is 5.69 Å². The van der Waals surface area contributed by atoms with Crippen LogP contribution in [0.15, 0.2) is 35.4 Å². The molecule has 0 atom stereocenters. The second-order valence-corrected chi connectivity index (χ2v) is 5.82. The summed E-state index contributed by atoms with van der Waals surface area (Å²) in [5.41, 5.74) is -2.14. The fraction of sp³-hybridized carbons (Fsp3) is 0.0909. The van der Waals surface area contributed by atoms with E-state index in [2.05, 4.69) is 9.97 Å². The Morgan fingerprint density at radius 2 is 1.92 bits per heavy atom. The molecule has 2 N–H and O–H groups in total. The Balaban J connectivity index is 2.45. The molecule has 0 fully saturated rings. The number of primary sulfonamides is 1. The topological polar surface area (TPSA) is 138 Å². The summed E-state index contributed by atoms with van der Waals surface area (Å²) in [5, 5.41) is 15.8.